The van der Waals surface area contributed by atoms with Crippen molar-refractivity contribution in [2.45, 2.75) is 52.2 Å². The zero-order chi connectivity index (χ0) is 13.8. The maximum Gasteiger partial charge on any atom is 0.0942 e. The summed E-state index contributed by atoms with van der Waals surface area (Å²) in [6.45, 7) is 8.85. The Balaban J connectivity index is 2.02. The monoisotopic (exact) mass is 261 g/mol. The number of benzene rings is 1. The SMILES string of the molecule is CCc1ccc(C(O)C(C)N2CCCC(C)C2)cc1. The van der Waals surface area contributed by atoms with Crippen LogP contribution in [-0.2, 0) is 6.42 Å². The highest BCUT2D eigenvalue weighted by Crippen LogP contribution is 2.25. The fourth-order valence-electron chi connectivity index (χ4n) is 3.02. The maximum atomic E-state index is 10.5. The summed E-state index contributed by atoms with van der Waals surface area (Å²) in [6.07, 6.45) is 3.25. The standard InChI is InChI=1S/C17H27NO/c1-4-15-7-9-16(10-8-15)17(19)14(3)18-11-5-6-13(2)12-18/h7-10,13-14,17,19H,4-6,11-12H2,1-3H3. The van der Waals surface area contributed by atoms with Crippen LogP contribution in [0.1, 0.15) is 50.8 Å². The van der Waals surface area contributed by atoms with Gasteiger partial charge in [-0.15, -0.1) is 0 Å². The zero-order valence-corrected chi connectivity index (χ0v) is 12.5. The minimum Gasteiger partial charge on any atom is -0.387 e. The molecule has 1 aliphatic heterocycles. The molecule has 0 saturated carbocycles. The average molecular weight is 261 g/mol. The van der Waals surface area contributed by atoms with Crippen molar-refractivity contribution in [3.63, 3.8) is 0 Å². The predicted octanol–water partition coefficient (Wildman–Crippen LogP) is 3.40. The number of aliphatic hydroxyl groups excluding tert-OH is 1. The lowest BCUT2D eigenvalue weighted by Crippen LogP contribution is -2.43. The largest absolute Gasteiger partial charge is 0.387 e. The van der Waals surface area contributed by atoms with Crippen molar-refractivity contribution in [2.75, 3.05) is 13.1 Å². The summed E-state index contributed by atoms with van der Waals surface area (Å²) in [5.74, 6) is 0.755. The molecule has 0 aromatic heterocycles. The summed E-state index contributed by atoms with van der Waals surface area (Å²) in [5, 5.41) is 10.5. The van der Waals surface area contributed by atoms with Crippen molar-refractivity contribution in [3.8, 4) is 0 Å². The van der Waals surface area contributed by atoms with Crippen LogP contribution in [0.2, 0.25) is 0 Å². The van der Waals surface area contributed by atoms with Crippen molar-refractivity contribution in [2.24, 2.45) is 5.92 Å². The third kappa shape index (κ3) is 3.58. The van der Waals surface area contributed by atoms with E-state index in [1.807, 2.05) is 0 Å². The summed E-state index contributed by atoms with van der Waals surface area (Å²) >= 11 is 0. The topological polar surface area (TPSA) is 23.5 Å². The number of hydrogen-bond donors (Lipinski definition) is 1. The van der Waals surface area contributed by atoms with Crippen LogP contribution in [0.3, 0.4) is 0 Å². The van der Waals surface area contributed by atoms with Gasteiger partial charge in [0, 0.05) is 12.6 Å². The molecule has 19 heavy (non-hydrogen) atoms. The minimum absolute atomic E-state index is 0.204. The third-order valence-corrected chi connectivity index (χ3v) is 4.45. The maximum absolute atomic E-state index is 10.5. The third-order valence-electron chi connectivity index (χ3n) is 4.45. The molecule has 1 N–H and O–H groups in total. The Labute approximate surface area is 117 Å². The van der Waals surface area contributed by atoms with E-state index in [2.05, 4.69) is 49.9 Å². The number of rotatable bonds is 4. The molecule has 1 fully saturated rings. The van der Waals surface area contributed by atoms with Gasteiger partial charge < -0.3 is 5.11 Å². The van der Waals surface area contributed by atoms with Gasteiger partial charge in [0.2, 0.25) is 0 Å². The molecule has 2 nitrogen and oxygen atoms in total. The first-order valence-corrected chi connectivity index (χ1v) is 7.62. The summed E-state index contributed by atoms with van der Waals surface area (Å²) in [5.41, 5.74) is 2.37. The Morgan fingerprint density at radius 3 is 2.58 bits per heavy atom. The number of aliphatic hydroxyl groups is 1. The van der Waals surface area contributed by atoms with Crippen molar-refractivity contribution in [1.82, 2.24) is 4.90 Å². The molecule has 1 saturated heterocycles. The second-order valence-corrected chi connectivity index (χ2v) is 6.02. The molecular weight excluding hydrogens is 234 g/mol. The van der Waals surface area contributed by atoms with Gasteiger partial charge in [-0.05, 0) is 49.8 Å². The fourth-order valence-corrected chi connectivity index (χ4v) is 3.02. The number of hydrogen-bond acceptors (Lipinski definition) is 2. The molecule has 1 aromatic rings. The highest BCUT2D eigenvalue weighted by molar-refractivity contribution is 5.25. The molecule has 3 atom stereocenters. The van der Waals surface area contributed by atoms with Crippen LogP contribution in [0.5, 0.6) is 0 Å². The van der Waals surface area contributed by atoms with Gasteiger partial charge in [-0.1, -0.05) is 38.1 Å². The molecule has 106 valence electrons. The van der Waals surface area contributed by atoms with E-state index in [1.54, 1.807) is 0 Å². The Kier molecular flexibility index (Phi) is 5.00. The van der Waals surface area contributed by atoms with Gasteiger partial charge in [0.1, 0.15) is 0 Å². The average Bonchev–Trinajstić information content (AvgIpc) is 2.46. The number of nitrogens with zero attached hydrogens (tertiary/aromatic N) is 1. The second kappa shape index (κ2) is 6.53. The van der Waals surface area contributed by atoms with Crippen LogP contribution in [0, 0.1) is 5.92 Å². The Morgan fingerprint density at radius 1 is 1.32 bits per heavy atom. The van der Waals surface area contributed by atoms with Crippen LogP contribution in [0.4, 0.5) is 0 Å². The van der Waals surface area contributed by atoms with Crippen LogP contribution in [-0.4, -0.2) is 29.1 Å². The molecule has 0 radical (unpaired) electrons. The highest BCUT2D eigenvalue weighted by Gasteiger charge is 2.26. The van der Waals surface area contributed by atoms with Crippen LogP contribution >= 0.6 is 0 Å². The van der Waals surface area contributed by atoms with Crippen molar-refractivity contribution >= 4 is 0 Å². The molecule has 0 aliphatic carbocycles. The van der Waals surface area contributed by atoms with E-state index < -0.39 is 0 Å². The van der Waals surface area contributed by atoms with E-state index in [9.17, 15) is 5.11 Å². The summed E-state index contributed by atoms with van der Waals surface area (Å²) in [4.78, 5) is 2.44. The lowest BCUT2D eigenvalue weighted by atomic mass is 9.95. The van der Waals surface area contributed by atoms with E-state index in [1.165, 1.54) is 18.4 Å². The minimum atomic E-state index is -0.379. The summed E-state index contributed by atoms with van der Waals surface area (Å²) in [6, 6.07) is 8.62. The molecule has 0 spiro atoms. The molecule has 3 unspecified atom stereocenters. The van der Waals surface area contributed by atoms with E-state index in [-0.39, 0.29) is 12.1 Å². The fraction of sp³-hybridized carbons (Fsp3) is 0.647. The van der Waals surface area contributed by atoms with Gasteiger partial charge in [0.05, 0.1) is 6.10 Å². The van der Waals surface area contributed by atoms with Gasteiger partial charge in [-0.2, -0.15) is 0 Å². The van der Waals surface area contributed by atoms with Gasteiger partial charge in [-0.25, -0.2) is 0 Å². The first-order chi connectivity index (χ1) is 9.11. The van der Waals surface area contributed by atoms with Gasteiger partial charge in [0.15, 0.2) is 0 Å². The number of piperidine rings is 1. The lowest BCUT2D eigenvalue weighted by Gasteiger charge is -2.37. The predicted molar refractivity (Wildman–Crippen MR) is 80.2 cm³/mol. The van der Waals surface area contributed by atoms with E-state index in [0.29, 0.717) is 0 Å². The zero-order valence-electron chi connectivity index (χ0n) is 12.5. The normalized spacial score (nSPS) is 24.1. The molecular formula is C17H27NO. The Morgan fingerprint density at radius 2 is 2.00 bits per heavy atom. The summed E-state index contributed by atoms with van der Waals surface area (Å²) in [7, 11) is 0. The molecule has 1 aliphatic rings. The molecule has 0 amide bonds. The van der Waals surface area contributed by atoms with Crippen LogP contribution in [0.15, 0.2) is 24.3 Å². The van der Waals surface area contributed by atoms with Gasteiger partial charge in [0.25, 0.3) is 0 Å². The van der Waals surface area contributed by atoms with Crippen LogP contribution in [0.25, 0.3) is 0 Å². The molecule has 1 aromatic carbocycles. The second-order valence-electron chi connectivity index (χ2n) is 6.02. The number of likely N-dealkylation sites (tertiary alicyclic amines) is 1. The lowest BCUT2D eigenvalue weighted by molar-refractivity contribution is 0.0352. The smallest absolute Gasteiger partial charge is 0.0942 e. The molecule has 2 heteroatoms. The van der Waals surface area contributed by atoms with Crippen LogP contribution < -0.4 is 0 Å². The van der Waals surface area contributed by atoms with Crippen molar-refractivity contribution < 1.29 is 5.11 Å². The van der Waals surface area contributed by atoms with E-state index in [4.69, 9.17) is 0 Å². The summed E-state index contributed by atoms with van der Waals surface area (Å²) < 4.78 is 0. The quantitative estimate of drug-likeness (QED) is 0.898. The Hall–Kier alpha value is -0.860. The van der Waals surface area contributed by atoms with E-state index in [0.717, 1.165) is 31.0 Å². The molecule has 1 heterocycles. The first-order valence-electron chi connectivity index (χ1n) is 7.62. The van der Waals surface area contributed by atoms with E-state index >= 15 is 0 Å². The van der Waals surface area contributed by atoms with Gasteiger partial charge >= 0.3 is 0 Å². The highest BCUT2D eigenvalue weighted by atomic mass is 16.3. The van der Waals surface area contributed by atoms with Gasteiger partial charge in [-0.3, -0.25) is 4.90 Å². The molecule has 0 bridgehead atoms. The number of aryl methyl sites for hydroxylation is 1. The van der Waals surface area contributed by atoms with Crippen molar-refractivity contribution in [1.29, 1.82) is 0 Å². The molecule has 2 rings (SSSR count). The Bertz CT molecular complexity index is 387. The first kappa shape index (κ1) is 14.5. The van der Waals surface area contributed by atoms with Crippen molar-refractivity contribution in [3.05, 3.63) is 35.4 Å².